The van der Waals surface area contributed by atoms with Gasteiger partial charge in [-0.25, -0.2) is 9.69 Å². The number of amides is 2. The fourth-order valence-corrected chi connectivity index (χ4v) is 3.52. The van der Waals surface area contributed by atoms with Crippen LogP contribution in [-0.4, -0.2) is 40.0 Å². The zero-order chi connectivity index (χ0) is 18.1. The van der Waals surface area contributed by atoms with Gasteiger partial charge in [0.15, 0.2) is 0 Å². The molecule has 0 aromatic heterocycles. The Balaban J connectivity index is 1.56. The van der Waals surface area contributed by atoms with Crippen LogP contribution in [-0.2, 0) is 11.2 Å². The van der Waals surface area contributed by atoms with Crippen molar-refractivity contribution in [1.82, 2.24) is 15.1 Å². The summed E-state index contributed by atoms with van der Waals surface area (Å²) in [5.41, 5.74) is 2.53. The number of fused-ring (bicyclic) bond motifs is 2. The Hall–Kier alpha value is -3.28. The molecule has 2 aromatic rings. The molecule has 132 valence electrons. The highest BCUT2D eigenvalue weighted by atomic mass is 16.4. The number of benzene rings is 2. The maximum atomic E-state index is 12.7. The molecule has 0 saturated carbocycles. The van der Waals surface area contributed by atoms with Crippen LogP contribution in [0.4, 0.5) is 4.79 Å². The van der Waals surface area contributed by atoms with Crippen LogP contribution in [0.15, 0.2) is 72.2 Å². The largest absolute Gasteiger partial charge is 0.464 e. The van der Waals surface area contributed by atoms with Gasteiger partial charge in [0.25, 0.3) is 5.91 Å². The van der Waals surface area contributed by atoms with E-state index in [0.717, 1.165) is 22.7 Å². The van der Waals surface area contributed by atoms with E-state index in [2.05, 4.69) is 17.4 Å². The summed E-state index contributed by atoms with van der Waals surface area (Å²) in [7, 11) is 0. The summed E-state index contributed by atoms with van der Waals surface area (Å²) >= 11 is 0. The van der Waals surface area contributed by atoms with Crippen molar-refractivity contribution < 1.29 is 14.7 Å². The third-order valence-electron chi connectivity index (χ3n) is 4.77. The summed E-state index contributed by atoms with van der Waals surface area (Å²) in [4.78, 5) is 27.2. The molecule has 2 amide bonds. The lowest BCUT2D eigenvalue weighted by molar-refractivity contribution is -0.139. The molecule has 3 aliphatic heterocycles. The van der Waals surface area contributed by atoms with Crippen molar-refractivity contribution in [1.29, 1.82) is 0 Å². The Morgan fingerprint density at radius 1 is 1.08 bits per heavy atom. The SMILES string of the molecule is O=C(O)N1C(=O)C(c2ccccc2)N2CC1=C2NCCc1ccccc1. The Kier molecular flexibility index (Phi) is 4.08. The molecule has 6 nitrogen and oxygen atoms in total. The number of carbonyl (C=O) groups is 2. The number of imide groups is 1. The van der Waals surface area contributed by atoms with E-state index >= 15 is 0 Å². The Bertz CT molecular complexity index is 864. The van der Waals surface area contributed by atoms with Gasteiger partial charge in [-0.3, -0.25) is 4.79 Å². The molecule has 3 heterocycles. The number of nitrogens with one attached hydrogen (secondary N) is 1. The second kappa shape index (κ2) is 6.55. The van der Waals surface area contributed by atoms with Crippen LogP contribution in [0.3, 0.4) is 0 Å². The predicted octanol–water partition coefficient (Wildman–Crippen LogP) is 2.56. The molecular formula is C20H19N3O3. The van der Waals surface area contributed by atoms with Crippen LogP contribution in [0.5, 0.6) is 0 Å². The van der Waals surface area contributed by atoms with Gasteiger partial charge in [0, 0.05) is 6.54 Å². The van der Waals surface area contributed by atoms with E-state index in [9.17, 15) is 14.7 Å². The monoisotopic (exact) mass is 349 g/mol. The minimum atomic E-state index is -1.23. The summed E-state index contributed by atoms with van der Waals surface area (Å²) in [5, 5.41) is 12.8. The second-order valence-electron chi connectivity index (χ2n) is 6.36. The number of rotatable bonds is 5. The van der Waals surface area contributed by atoms with Crippen LogP contribution in [0.2, 0.25) is 0 Å². The molecule has 5 rings (SSSR count). The summed E-state index contributed by atoms with van der Waals surface area (Å²) in [6, 6.07) is 18.8. The zero-order valence-electron chi connectivity index (χ0n) is 14.1. The quantitative estimate of drug-likeness (QED) is 0.868. The van der Waals surface area contributed by atoms with Crippen molar-refractivity contribution in [2.75, 3.05) is 13.1 Å². The van der Waals surface area contributed by atoms with Gasteiger partial charge >= 0.3 is 6.09 Å². The molecule has 2 aromatic carbocycles. The van der Waals surface area contributed by atoms with Crippen molar-refractivity contribution in [2.24, 2.45) is 0 Å². The molecule has 0 aliphatic carbocycles. The lowest BCUT2D eigenvalue weighted by atomic mass is 9.95. The first-order valence-corrected chi connectivity index (χ1v) is 8.56. The molecule has 1 atom stereocenters. The predicted molar refractivity (Wildman–Crippen MR) is 95.9 cm³/mol. The number of nitrogens with zero attached hydrogens (tertiary/aromatic N) is 2. The van der Waals surface area contributed by atoms with Gasteiger partial charge < -0.3 is 15.3 Å². The highest BCUT2D eigenvalue weighted by Gasteiger charge is 2.50. The van der Waals surface area contributed by atoms with Gasteiger partial charge in [-0.05, 0) is 17.5 Å². The first kappa shape index (κ1) is 16.2. The summed E-state index contributed by atoms with van der Waals surface area (Å²) in [6.45, 7) is 1.12. The van der Waals surface area contributed by atoms with E-state index < -0.39 is 18.0 Å². The van der Waals surface area contributed by atoms with E-state index in [-0.39, 0.29) is 0 Å². The van der Waals surface area contributed by atoms with Gasteiger partial charge in [-0.2, -0.15) is 0 Å². The van der Waals surface area contributed by atoms with E-state index in [0.29, 0.717) is 18.8 Å². The van der Waals surface area contributed by atoms with E-state index in [1.54, 1.807) is 0 Å². The number of piperazine rings is 1. The van der Waals surface area contributed by atoms with Crippen molar-refractivity contribution in [2.45, 2.75) is 12.5 Å². The molecule has 26 heavy (non-hydrogen) atoms. The summed E-state index contributed by atoms with van der Waals surface area (Å²) < 4.78 is 0. The van der Waals surface area contributed by atoms with Crippen molar-refractivity contribution >= 4 is 12.0 Å². The van der Waals surface area contributed by atoms with Crippen molar-refractivity contribution in [3.05, 3.63) is 83.3 Å². The third-order valence-corrected chi connectivity index (χ3v) is 4.77. The molecule has 2 N–H and O–H groups in total. The zero-order valence-corrected chi connectivity index (χ0v) is 14.1. The lowest BCUT2D eigenvalue weighted by Gasteiger charge is -2.51. The molecule has 1 unspecified atom stereocenters. The van der Waals surface area contributed by atoms with Crippen LogP contribution < -0.4 is 5.32 Å². The number of hydrogen-bond acceptors (Lipinski definition) is 4. The molecule has 0 spiro atoms. The van der Waals surface area contributed by atoms with Gasteiger partial charge in [-0.15, -0.1) is 0 Å². The van der Waals surface area contributed by atoms with Gasteiger partial charge in [0.1, 0.15) is 11.9 Å². The first-order valence-electron chi connectivity index (χ1n) is 8.56. The Labute approximate surface area is 151 Å². The fraction of sp³-hybridized carbons (Fsp3) is 0.200. The van der Waals surface area contributed by atoms with E-state index in [1.165, 1.54) is 5.56 Å². The lowest BCUT2D eigenvalue weighted by Crippen LogP contribution is -2.62. The maximum Gasteiger partial charge on any atom is 0.418 e. The topological polar surface area (TPSA) is 72.9 Å². The first-order chi connectivity index (χ1) is 12.7. The minimum Gasteiger partial charge on any atom is -0.464 e. The van der Waals surface area contributed by atoms with Gasteiger partial charge in [-0.1, -0.05) is 60.7 Å². The molecule has 6 heteroatoms. The van der Waals surface area contributed by atoms with Crippen molar-refractivity contribution in [3.8, 4) is 0 Å². The Morgan fingerprint density at radius 3 is 2.38 bits per heavy atom. The van der Waals surface area contributed by atoms with Crippen molar-refractivity contribution in [3.63, 3.8) is 0 Å². The Morgan fingerprint density at radius 2 is 1.73 bits per heavy atom. The highest BCUT2D eigenvalue weighted by molar-refractivity contribution is 5.99. The maximum absolute atomic E-state index is 12.7. The van der Waals surface area contributed by atoms with Gasteiger partial charge in [0.05, 0.1) is 12.2 Å². The van der Waals surface area contributed by atoms with Gasteiger partial charge in [0.2, 0.25) is 0 Å². The second-order valence-corrected chi connectivity index (χ2v) is 6.36. The molecule has 0 radical (unpaired) electrons. The highest BCUT2D eigenvalue weighted by Crippen LogP contribution is 2.41. The third kappa shape index (κ3) is 2.69. The van der Waals surface area contributed by atoms with Crippen LogP contribution in [0.1, 0.15) is 17.2 Å². The fourth-order valence-electron chi connectivity index (χ4n) is 3.52. The van der Waals surface area contributed by atoms with E-state index in [1.807, 2.05) is 53.4 Å². The smallest absolute Gasteiger partial charge is 0.418 e. The number of carbonyl (C=O) groups excluding carboxylic acids is 1. The molecule has 1 saturated heterocycles. The van der Waals surface area contributed by atoms with Crippen LogP contribution in [0.25, 0.3) is 0 Å². The van der Waals surface area contributed by atoms with E-state index in [4.69, 9.17) is 0 Å². The average Bonchev–Trinajstić information content (AvgIpc) is 2.65. The normalized spacial score (nSPS) is 18.6. The summed E-state index contributed by atoms with van der Waals surface area (Å²) in [6.07, 6.45) is -0.407. The molecule has 1 fully saturated rings. The molecular weight excluding hydrogens is 330 g/mol. The van der Waals surface area contributed by atoms with Crippen LogP contribution >= 0.6 is 0 Å². The molecule has 3 aliphatic rings. The van der Waals surface area contributed by atoms with Crippen LogP contribution in [0, 0.1) is 0 Å². The minimum absolute atomic E-state index is 0.418. The number of hydrogen-bond donors (Lipinski definition) is 2. The standard InChI is InChI=1S/C20H19N3O3/c24-19-17(15-9-5-2-6-10-15)22-13-16(23(19)20(25)26)18(22)21-12-11-14-7-3-1-4-8-14/h1-10,17,21H,11-13H2,(H,25,26). The average molecular weight is 349 g/mol. The summed E-state index contributed by atoms with van der Waals surface area (Å²) in [5.74, 6) is 0.315. The number of carboxylic acid groups (broad SMARTS) is 1. The molecule has 2 bridgehead atoms.